The Morgan fingerprint density at radius 1 is 1.26 bits per heavy atom. The lowest BCUT2D eigenvalue weighted by atomic mass is 9.95. The minimum atomic E-state index is -0.694. The van der Waals surface area contributed by atoms with Crippen molar-refractivity contribution in [3.05, 3.63) is 110 Å². The van der Waals surface area contributed by atoms with Gasteiger partial charge in [0.25, 0.3) is 11.6 Å². The lowest BCUT2D eigenvalue weighted by Gasteiger charge is -2.31. The molecule has 4 aromatic rings. The van der Waals surface area contributed by atoms with Crippen LogP contribution in [0.25, 0.3) is 0 Å². The summed E-state index contributed by atoms with van der Waals surface area (Å²) in [5, 5.41) is 29.1. The van der Waals surface area contributed by atoms with Gasteiger partial charge in [-0.25, -0.2) is 4.39 Å². The lowest BCUT2D eigenvalue weighted by molar-refractivity contribution is -0.385. The van der Waals surface area contributed by atoms with E-state index in [4.69, 9.17) is 0 Å². The number of aliphatic hydroxyl groups excluding tert-OH is 1. The maximum atomic E-state index is 13.8. The molecule has 1 amide bonds. The molecule has 0 saturated heterocycles. The highest BCUT2D eigenvalue weighted by molar-refractivity contribution is 6.04. The zero-order valence-corrected chi connectivity index (χ0v) is 21.6. The summed E-state index contributed by atoms with van der Waals surface area (Å²) >= 11 is 0. The van der Waals surface area contributed by atoms with Gasteiger partial charge in [-0.15, -0.1) is 0 Å². The average molecular weight is 533 g/mol. The Hall–Kier alpha value is -4.35. The van der Waals surface area contributed by atoms with Crippen molar-refractivity contribution >= 4 is 17.3 Å². The third kappa shape index (κ3) is 5.59. The van der Waals surface area contributed by atoms with Crippen LogP contribution in [0.5, 0.6) is 0 Å². The fourth-order valence-corrected chi connectivity index (χ4v) is 5.18. The Labute approximate surface area is 224 Å². The molecule has 0 fully saturated rings. The molecule has 0 bridgehead atoms. The summed E-state index contributed by atoms with van der Waals surface area (Å²) in [6.07, 6.45) is 1.17. The Balaban J connectivity index is 1.52. The van der Waals surface area contributed by atoms with E-state index in [0.717, 1.165) is 23.0 Å². The van der Waals surface area contributed by atoms with Crippen molar-refractivity contribution in [1.82, 2.24) is 19.7 Å². The fourth-order valence-electron chi connectivity index (χ4n) is 5.18. The number of hydrogen-bond acceptors (Lipinski definition) is 6. The molecule has 2 atom stereocenters. The third-order valence-electron chi connectivity index (χ3n) is 6.94. The molecule has 0 spiro atoms. The van der Waals surface area contributed by atoms with E-state index in [0.29, 0.717) is 36.4 Å². The van der Waals surface area contributed by atoms with E-state index in [1.165, 1.54) is 12.1 Å². The van der Waals surface area contributed by atoms with Crippen LogP contribution in [0.2, 0.25) is 0 Å². The van der Waals surface area contributed by atoms with Gasteiger partial charge in [-0.2, -0.15) is 5.10 Å². The second-order valence-electron chi connectivity index (χ2n) is 9.92. The van der Waals surface area contributed by atoms with Crippen molar-refractivity contribution in [2.45, 2.75) is 45.5 Å². The number of aliphatic hydroxyl groups is 1. The molecule has 0 radical (unpaired) electrons. The van der Waals surface area contributed by atoms with Gasteiger partial charge in [0.2, 0.25) is 0 Å². The maximum absolute atomic E-state index is 13.8. The van der Waals surface area contributed by atoms with Gasteiger partial charge in [0.05, 0.1) is 29.2 Å². The van der Waals surface area contributed by atoms with Gasteiger partial charge < -0.3 is 15.4 Å². The molecule has 5 rings (SSSR count). The van der Waals surface area contributed by atoms with Crippen LogP contribution >= 0.6 is 0 Å². The molecular formula is C28H29FN6O4. The van der Waals surface area contributed by atoms with E-state index in [1.807, 2.05) is 25.3 Å². The number of anilines is 1. The molecule has 3 N–H and O–H groups in total. The van der Waals surface area contributed by atoms with Crippen molar-refractivity contribution in [2.24, 2.45) is 0 Å². The first-order chi connectivity index (χ1) is 18.7. The smallest absolute Gasteiger partial charge is 0.277 e. The number of aromatic nitrogens is 3. The number of nitrogens with one attached hydrogen (secondary N) is 2. The minimum absolute atomic E-state index is 0.0185. The van der Waals surface area contributed by atoms with Crippen LogP contribution in [0.15, 0.2) is 60.8 Å². The van der Waals surface area contributed by atoms with E-state index in [9.17, 15) is 24.4 Å². The molecule has 11 heteroatoms. The molecule has 202 valence electrons. The Bertz CT molecular complexity index is 1510. The summed E-state index contributed by atoms with van der Waals surface area (Å²) in [6.45, 7) is 5.51. The predicted octanol–water partition coefficient (Wildman–Crippen LogP) is 4.73. The number of hydrogen-bond donors (Lipinski definition) is 3. The summed E-state index contributed by atoms with van der Waals surface area (Å²) in [4.78, 5) is 30.0. The Kier molecular flexibility index (Phi) is 7.27. The first kappa shape index (κ1) is 26.3. The molecule has 1 aliphatic rings. The number of H-pyrrole nitrogens is 1. The van der Waals surface area contributed by atoms with Gasteiger partial charge in [0.1, 0.15) is 5.82 Å². The lowest BCUT2D eigenvalue weighted by Crippen LogP contribution is -2.34. The molecule has 3 heterocycles. The number of nitro benzene ring substituents is 1. The van der Waals surface area contributed by atoms with E-state index in [-0.39, 0.29) is 23.8 Å². The van der Waals surface area contributed by atoms with E-state index in [1.54, 1.807) is 35.9 Å². The van der Waals surface area contributed by atoms with E-state index in [2.05, 4.69) is 20.3 Å². The SMILES string of the molecule is CC(O)c1cccc(NC(=O)c2nn(Cc3ccc(F)cc3[N+](=O)[O-])c3c2CN(Cc2ccc[nH]2)CC3C)c1. The van der Waals surface area contributed by atoms with Crippen molar-refractivity contribution < 1.29 is 19.2 Å². The molecule has 39 heavy (non-hydrogen) atoms. The van der Waals surface area contributed by atoms with Crippen molar-refractivity contribution in [3.63, 3.8) is 0 Å². The first-order valence-electron chi connectivity index (χ1n) is 12.7. The van der Waals surface area contributed by atoms with E-state index >= 15 is 0 Å². The standard InChI is InChI=1S/C28H29FN6O4/c1-17-13-33(15-23-7-4-10-30-23)16-24-26(28(37)31-22-6-3-5-19(11-22)18(2)36)32-34(27(17)24)14-20-8-9-21(29)12-25(20)35(38)39/h3-12,17-18,30,36H,13-16H2,1-2H3,(H,31,37). The number of rotatable bonds is 8. The monoisotopic (exact) mass is 532 g/mol. The molecule has 0 saturated carbocycles. The molecule has 0 aliphatic carbocycles. The maximum Gasteiger partial charge on any atom is 0.277 e. The first-order valence-corrected chi connectivity index (χ1v) is 12.7. The number of carbonyl (C=O) groups is 1. The van der Waals surface area contributed by atoms with Crippen molar-refractivity contribution in [1.29, 1.82) is 0 Å². The van der Waals surface area contributed by atoms with Gasteiger partial charge in [0.15, 0.2) is 5.69 Å². The second kappa shape index (κ2) is 10.8. The zero-order chi connectivity index (χ0) is 27.7. The largest absolute Gasteiger partial charge is 0.389 e. The predicted molar refractivity (Wildman–Crippen MR) is 143 cm³/mol. The molecule has 10 nitrogen and oxygen atoms in total. The molecular weight excluding hydrogens is 503 g/mol. The minimum Gasteiger partial charge on any atom is -0.389 e. The van der Waals surface area contributed by atoms with Gasteiger partial charge in [-0.05, 0) is 48.9 Å². The number of nitrogens with zero attached hydrogens (tertiary/aromatic N) is 4. The topological polar surface area (TPSA) is 129 Å². The highest BCUT2D eigenvalue weighted by Gasteiger charge is 2.33. The quantitative estimate of drug-likeness (QED) is 0.222. The molecule has 2 aromatic heterocycles. The Morgan fingerprint density at radius 3 is 2.79 bits per heavy atom. The summed E-state index contributed by atoms with van der Waals surface area (Å²) in [5.41, 5.74) is 3.97. The van der Waals surface area contributed by atoms with Gasteiger partial charge in [-0.1, -0.05) is 19.1 Å². The summed E-state index contributed by atoms with van der Waals surface area (Å²) < 4.78 is 15.4. The van der Waals surface area contributed by atoms with Crippen LogP contribution < -0.4 is 5.32 Å². The van der Waals surface area contributed by atoms with Crippen LogP contribution in [-0.2, 0) is 19.6 Å². The molecule has 2 unspecified atom stereocenters. The van der Waals surface area contributed by atoms with Crippen molar-refractivity contribution in [3.8, 4) is 0 Å². The van der Waals surface area contributed by atoms with Crippen LogP contribution in [0.1, 0.15) is 64.4 Å². The number of carbonyl (C=O) groups excluding carboxylic acids is 1. The molecule has 1 aliphatic heterocycles. The van der Waals surface area contributed by atoms with Crippen LogP contribution in [-0.4, -0.2) is 42.1 Å². The van der Waals surface area contributed by atoms with E-state index < -0.39 is 22.8 Å². The number of amides is 1. The number of halogens is 1. The number of fused-ring (bicyclic) bond motifs is 1. The fraction of sp³-hybridized carbons (Fsp3) is 0.286. The summed E-state index contributed by atoms with van der Waals surface area (Å²) in [7, 11) is 0. The van der Waals surface area contributed by atoms with Gasteiger partial charge in [-0.3, -0.25) is 24.5 Å². The second-order valence-corrected chi connectivity index (χ2v) is 9.92. The van der Waals surface area contributed by atoms with Crippen LogP contribution in [0.4, 0.5) is 15.8 Å². The van der Waals surface area contributed by atoms with Gasteiger partial charge in [0, 0.05) is 54.4 Å². The van der Waals surface area contributed by atoms with Crippen molar-refractivity contribution in [2.75, 3.05) is 11.9 Å². The average Bonchev–Trinajstić information content (AvgIpc) is 3.53. The van der Waals surface area contributed by atoms with Gasteiger partial charge >= 0.3 is 0 Å². The Morgan fingerprint density at radius 2 is 2.08 bits per heavy atom. The highest BCUT2D eigenvalue weighted by Crippen LogP contribution is 2.33. The third-order valence-corrected chi connectivity index (χ3v) is 6.94. The number of benzene rings is 2. The van der Waals surface area contributed by atoms with Crippen LogP contribution in [0.3, 0.4) is 0 Å². The normalized spacial score (nSPS) is 16.1. The van der Waals surface area contributed by atoms with Crippen LogP contribution in [0, 0.1) is 15.9 Å². The summed E-state index contributed by atoms with van der Waals surface area (Å²) in [6, 6.07) is 14.4. The molecule has 2 aromatic carbocycles. The number of aromatic amines is 1. The highest BCUT2D eigenvalue weighted by atomic mass is 19.1. The number of nitro groups is 1. The zero-order valence-electron chi connectivity index (χ0n) is 21.6. The summed E-state index contributed by atoms with van der Waals surface area (Å²) in [5.74, 6) is -1.15.